The van der Waals surface area contributed by atoms with Crippen molar-refractivity contribution in [1.82, 2.24) is 4.90 Å². The second kappa shape index (κ2) is 9.24. The lowest BCUT2D eigenvalue weighted by molar-refractivity contribution is 0.250. The van der Waals surface area contributed by atoms with Gasteiger partial charge in [-0.2, -0.15) is 0 Å². The molecule has 23 heavy (non-hydrogen) atoms. The van der Waals surface area contributed by atoms with Crippen LogP contribution in [0.5, 0.6) is 0 Å². The van der Waals surface area contributed by atoms with Crippen molar-refractivity contribution < 1.29 is 0 Å². The largest absolute Gasteiger partial charge is 0.399 e. The molecule has 0 atom stereocenters. The normalized spacial score (nSPS) is 14.7. The molecule has 0 spiro atoms. The van der Waals surface area contributed by atoms with Crippen LogP contribution in [0.15, 0.2) is 48.5 Å². The van der Waals surface area contributed by atoms with Gasteiger partial charge in [0.25, 0.3) is 0 Å². The van der Waals surface area contributed by atoms with Crippen LogP contribution in [0.1, 0.15) is 5.56 Å². The van der Waals surface area contributed by atoms with E-state index >= 15 is 0 Å². The molecule has 2 aromatic carbocycles. The molecule has 2 aromatic rings. The number of benzene rings is 2. The van der Waals surface area contributed by atoms with Crippen LogP contribution < -0.4 is 10.6 Å². The fraction of sp³-hybridized carbons (Fsp3) is 0.294. The minimum atomic E-state index is 0. The van der Waals surface area contributed by atoms with Crippen LogP contribution in [0, 0.1) is 0 Å². The molecule has 126 valence electrons. The van der Waals surface area contributed by atoms with Gasteiger partial charge in [-0.15, -0.1) is 24.8 Å². The zero-order chi connectivity index (χ0) is 14.7. The molecule has 0 amide bonds. The molecular weight excluding hydrogens is 353 g/mol. The second-order valence-corrected chi connectivity index (χ2v) is 5.87. The summed E-state index contributed by atoms with van der Waals surface area (Å²) in [6, 6.07) is 16.2. The summed E-state index contributed by atoms with van der Waals surface area (Å²) in [5.74, 6) is 0. The molecule has 0 aliphatic carbocycles. The Morgan fingerprint density at radius 3 is 2.26 bits per heavy atom. The highest BCUT2D eigenvalue weighted by molar-refractivity contribution is 6.33. The first-order chi connectivity index (χ1) is 10.2. The molecule has 6 heteroatoms. The first-order valence-corrected chi connectivity index (χ1v) is 7.66. The topological polar surface area (TPSA) is 32.5 Å². The van der Waals surface area contributed by atoms with Crippen LogP contribution in [0.25, 0.3) is 0 Å². The van der Waals surface area contributed by atoms with Gasteiger partial charge in [0.1, 0.15) is 0 Å². The Morgan fingerprint density at radius 1 is 0.913 bits per heavy atom. The van der Waals surface area contributed by atoms with E-state index in [1.54, 1.807) is 0 Å². The van der Waals surface area contributed by atoms with Gasteiger partial charge in [-0.3, -0.25) is 4.90 Å². The zero-order valence-electron chi connectivity index (χ0n) is 12.8. The van der Waals surface area contributed by atoms with Crippen LogP contribution >= 0.6 is 36.4 Å². The Morgan fingerprint density at radius 2 is 1.61 bits per heavy atom. The third kappa shape index (κ3) is 5.18. The summed E-state index contributed by atoms with van der Waals surface area (Å²) < 4.78 is 0. The maximum Gasteiger partial charge on any atom is 0.0639 e. The molecule has 0 saturated carbocycles. The Kier molecular flexibility index (Phi) is 8.00. The lowest BCUT2D eigenvalue weighted by atomic mass is 10.1. The van der Waals surface area contributed by atoms with Gasteiger partial charge in [-0.25, -0.2) is 0 Å². The van der Waals surface area contributed by atoms with Crippen molar-refractivity contribution in [3.8, 4) is 0 Å². The first-order valence-electron chi connectivity index (χ1n) is 7.28. The van der Waals surface area contributed by atoms with E-state index < -0.39 is 0 Å². The minimum Gasteiger partial charge on any atom is -0.399 e. The van der Waals surface area contributed by atoms with E-state index in [2.05, 4.69) is 28.0 Å². The smallest absolute Gasteiger partial charge is 0.0639 e. The van der Waals surface area contributed by atoms with E-state index in [9.17, 15) is 0 Å². The van der Waals surface area contributed by atoms with Crippen LogP contribution in [-0.4, -0.2) is 31.1 Å². The van der Waals surface area contributed by atoms with Crippen molar-refractivity contribution in [3.05, 3.63) is 59.1 Å². The number of hydrogen-bond acceptors (Lipinski definition) is 3. The highest BCUT2D eigenvalue weighted by atomic mass is 35.5. The van der Waals surface area contributed by atoms with Crippen molar-refractivity contribution in [3.63, 3.8) is 0 Å². The number of nitrogens with zero attached hydrogens (tertiary/aromatic N) is 2. The highest BCUT2D eigenvalue weighted by Gasteiger charge is 2.18. The number of para-hydroxylation sites is 1. The number of anilines is 2. The van der Waals surface area contributed by atoms with Crippen molar-refractivity contribution in [2.45, 2.75) is 6.54 Å². The third-order valence-electron chi connectivity index (χ3n) is 3.92. The van der Waals surface area contributed by atoms with Gasteiger partial charge >= 0.3 is 0 Å². The van der Waals surface area contributed by atoms with Gasteiger partial charge in [0.2, 0.25) is 0 Å². The van der Waals surface area contributed by atoms with Gasteiger partial charge in [0.05, 0.1) is 10.7 Å². The van der Waals surface area contributed by atoms with E-state index in [-0.39, 0.29) is 24.8 Å². The number of hydrogen-bond donors (Lipinski definition) is 1. The van der Waals surface area contributed by atoms with Gasteiger partial charge in [0.15, 0.2) is 0 Å². The van der Waals surface area contributed by atoms with Gasteiger partial charge in [-0.05, 0) is 29.8 Å². The summed E-state index contributed by atoms with van der Waals surface area (Å²) in [5, 5.41) is 0.835. The molecule has 1 heterocycles. The Balaban J connectivity index is 0.00000132. The fourth-order valence-corrected chi connectivity index (χ4v) is 3.06. The molecule has 0 aromatic heterocycles. The standard InChI is InChI=1S/C17H20ClN3.2ClH/c18-16-6-1-2-7-17(16)21-10-8-20(9-11-21)13-14-4-3-5-15(19)12-14;;/h1-7,12H,8-11,13,19H2;2*1H. The molecule has 1 aliphatic heterocycles. The van der Waals surface area contributed by atoms with Crippen molar-refractivity contribution in [2.24, 2.45) is 0 Å². The molecule has 1 fully saturated rings. The number of nitrogens with two attached hydrogens (primary N) is 1. The van der Waals surface area contributed by atoms with Crippen LogP contribution in [-0.2, 0) is 6.54 Å². The molecular formula is C17H22Cl3N3. The average molecular weight is 375 g/mol. The van der Waals surface area contributed by atoms with Gasteiger partial charge in [-0.1, -0.05) is 35.9 Å². The van der Waals surface area contributed by atoms with E-state index in [0.717, 1.165) is 49.1 Å². The SMILES string of the molecule is Cl.Cl.Nc1cccc(CN2CCN(c3ccccc3Cl)CC2)c1. The molecule has 3 nitrogen and oxygen atoms in total. The molecule has 1 aliphatic rings. The number of nitrogen functional groups attached to an aromatic ring is 1. The van der Waals surface area contributed by atoms with Crippen LogP contribution in [0.3, 0.4) is 0 Å². The summed E-state index contributed by atoms with van der Waals surface area (Å²) in [7, 11) is 0. The monoisotopic (exact) mass is 373 g/mol. The maximum atomic E-state index is 6.27. The zero-order valence-corrected chi connectivity index (χ0v) is 15.2. The Labute approximate surface area is 155 Å². The summed E-state index contributed by atoms with van der Waals surface area (Å²) in [6.45, 7) is 5.06. The van der Waals surface area contributed by atoms with Crippen LogP contribution in [0.4, 0.5) is 11.4 Å². The number of rotatable bonds is 3. The molecule has 2 N–H and O–H groups in total. The van der Waals surface area contributed by atoms with Crippen molar-refractivity contribution in [1.29, 1.82) is 0 Å². The number of halogens is 3. The molecule has 3 rings (SSSR count). The molecule has 0 radical (unpaired) electrons. The lowest BCUT2D eigenvalue weighted by Gasteiger charge is -2.36. The van der Waals surface area contributed by atoms with Crippen molar-refractivity contribution in [2.75, 3.05) is 36.8 Å². The minimum absolute atomic E-state index is 0. The Hall–Kier alpha value is -1.13. The summed E-state index contributed by atoms with van der Waals surface area (Å²) in [6.07, 6.45) is 0. The van der Waals surface area contributed by atoms with E-state index in [1.165, 1.54) is 5.56 Å². The predicted octanol–water partition coefficient (Wildman–Crippen LogP) is 4.09. The summed E-state index contributed by atoms with van der Waals surface area (Å²) >= 11 is 6.27. The van der Waals surface area contributed by atoms with E-state index in [4.69, 9.17) is 17.3 Å². The highest BCUT2D eigenvalue weighted by Crippen LogP contribution is 2.26. The first kappa shape index (κ1) is 19.9. The van der Waals surface area contributed by atoms with Gasteiger partial charge < -0.3 is 10.6 Å². The van der Waals surface area contributed by atoms with E-state index in [1.807, 2.05) is 30.3 Å². The second-order valence-electron chi connectivity index (χ2n) is 5.46. The lowest BCUT2D eigenvalue weighted by Crippen LogP contribution is -2.46. The Bertz CT molecular complexity index is 614. The predicted molar refractivity (Wildman–Crippen MR) is 104 cm³/mol. The summed E-state index contributed by atoms with van der Waals surface area (Å²) in [5.41, 5.74) is 9.09. The fourth-order valence-electron chi connectivity index (χ4n) is 2.80. The third-order valence-corrected chi connectivity index (χ3v) is 4.24. The maximum absolute atomic E-state index is 6.27. The van der Waals surface area contributed by atoms with Crippen molar-refractivity contribution >= 4 is 47.8 Å². The van der Waals surface area contributed by atoms with Crippen LogP contribution in [0.2, 0.25) is 5.02 Å². The quantitative estimate of drug-likeness (QED) is 0.821. The van der Waals surface area contributed by atoms with Gasteiger partial charge in [0, 0.05) is 38.4 Å². The molecule has 0 unspecified atom stereocenters. The molecule has 1 saturated heterocycles. The molecule has 0 bridgehead atoms. The number of piperazine rings is 1. The summed E-state index contributed by atoms with van der Waals surface area (Å²) in [4.78, 5) is 4.82. The average Bonchev–Trinajstić information content (AvgIpc) is 2.49. The van der Waals surface area contributed by atoms with E-state index in [0.29, 0.717) is 0 Å².